The van der Waals surface area contributed by atoms with Gasteiger partial charge in [0.15, 0.2) is 0 Å². The van der Waals surface area contributed by atoms with Crippen LogP contribution in [0.5, 0.6) is 0 Å². The second-order valence-corrected chi connectivity index (χ2v) is 4.80. The first kappa shape index (κ1) is 12.7. The van der Waals surface area contributed by atoms with E-state index in [1.54, 1.807) is 5.51 Å². The molecule has 0 aliphatic rings. The summed E-state index contributed by atoms with van der Waals surface area (Å²) in [5.74, 6) is -0.0219. The Morgan fingerprint density at radius 3 is 2.61 bits per heavy atom. The molecule has 94 valence electrons. The van der Waals surface area contributed by atoms with Gasteiger partial charge in [0.25, 0.3) is 0 Å². The van der Waals surface area contributed by atoms with Crippen molar-refractivity contribution in [1.82, 2.24) is 10.2 Å². The van der Waals surface area contributed by atoms with E-state index in [1.165, 1.54) is 22.5 Å². The molecule has 0 saturated heterocycles. The Labute approximate surface area is 110 Å². The molecular weight excluding hydrogens is 246 g/mol. The van der Waals surface area contributed by atoms with Crippen LogP contribution in [-0.2, 0) is 17.6 Å². The normalized spacial score (nSPS) is 10.3. The van der Waals surface area contributed by atoms with E-state index in [9.17, 15) is 4.79 Å². The van der Waals surface area contributed by atoms with Gasteiger partial charge in [-0.2, -0.15) is 0 Å². The number of nitrogens with zero attached hydrogens (tertiary/aromatic N) is 2. The number of rotatable bonds is 5. The van der Waals surface area contributed by atoms with Gasteiger partial charge < -0.3 is 5.32 Å². The van der Waals surface area contributed by atoms with Crippen LogP contribution in [-0.4, -0.2) is 16.1 Å². The lowest BCUT2D eigenvalue weighted by Gasteiger charge is -2.03. The highest BCUT2D eigenvalue weighted by Crippen LogP contribution is 2.10. The molecule has 18 heavy (non-hydrogen) atoms. The zero-order valence-electron chi connectivity index (χ0n) is 10.2. The summed E-state index contributed by atoms with van der Waals surface area (Å²) in [7, 11) is 0. The molecule has 4 nitrogen and oxygen atoms in total. The zero-order valence-corrected chi connectivity index (χ0v) is 11.0. The molecule has 1 aromatic heterocycles. The largest absolute Gasteiger partial charge is 0.301 e. The highest BCUT2D eigenvalue weighted by Gasteiger charge is 2.05. The van der Waals surface area contributed by atoms with Gasteiger partial charge in [-0.15, -0.1) is 10.2 Å². The minimum atomic E-state index is -0.0219. The van der Waals surface area contributed by atoms with Crippen molar-refractivity contribution in [3.05, 3.63) is 40.9 Å². The first-order valence-electron chi connectivity index (χ1n) is 5.91. The monoisotopic (exact) mass is 261 g/mol. The van der Waals surface area contributed by atoms with Crippen LogP contribution in [0.25, 0.3) is 0 Å². The van der Waals surface area contributed by atoms with E-state index in [4.69, 9.17) is 0 Å². The van der Waals surface area contributed by atoms with E-state index in [2.05, 4.69) is 46.7 Å². The van der Waals surface area contributed by atoms with Crippen molar-refractivity contribution in [2.45, 2.75) is 26.2 Å². The molecule has 1 N–H and O–H groups in total. The molecule has 0 atom stereocenters. The molecule has 0 spiro atoms. The van der Waals surface area contributed by atoms with Gasteiger partial charge in [-0.05, 0) is 24.0 Å². The molecule has 2 aromatic rings. The number of aromatic nitrogens is 2. The Morgan fingerprint density at radius 2 is 2.00 bits per heavy atom. The van der Waals surface area contributed by atoms with Crippen molar-refractivity contribution in [1.29, 1.82) is 0 Å². The van der Waals surface area contributed by atoms with Gasteiger partial charge in [-0.3, -0.25) is 4.79 Å². The molecular formula is C13H15N3OS. The highest BCUT2D eigenvalue weighted by molar-refractivity contribution is 7.13. The molecule has 0 radical (unpaired) electrons. The van der Waals surface area contributed by atoms with E-state index >= 15 is 0 Å². The molecule has 0 unspecified atom stereocenters. The Balaban J connectivity index is 1.81. The quantitative estimate of drug-likeness (QED) is 0.900. The Bertz CT molecular complexity index is 493. The maximum Gasteiger partial charge on any atom is 0.226 e. The second-order valence-electron chi connectivity index (χ2n) is 3.96. The first-order valence-corrected chi connectivity index (χ1v) is 6.79. The summed E-state index contributed by atoms with van der Waals surface area (Å²) in [6.45, 7) is 2.13. The van der Waals surface area contributed by atoms with Gasteiger partial charge in [0.2, 0.25) is 11.0 Å². The lowest BCUT2D eigenvalue weighted by molar-refractivity contribution is -0.116. The minimum Gasteiger partial charge on any atom is -0.301 e. The SMILES string of the molecule is CCc1ccc(CCC(=O)Nc2nncs2)cc1. The maximum atomic E-state index is 11.6. The van der Waals surface area contributed by atoms with Crippen LogP contribution in [0.3, 0.4) is 0 Å². The van der Waals surface area contributed by atoms with Crippen molar-refractivity contribution in [3.63, 3.8) is 0 Å². The van der Waals surface area contributed by atoms with E-state index < -0.39 is 0 Å². The number of nitrogens with one attached hydrogen (secondary N) is 1. The van der Waals surface area contributed by atoms with Gasteiger partial charge in [0, 0.05) is 6.42 Å². The van der Waals surface area contributed by atoms with Crippen molar-refractivity contribution < 1.29 is 4.79 Å². The molecule has 0 aliphatic carbocycles. The zero-order chi connectivity index (χ0) is 12.8. The van der Waals surface area contributed by atoms with Crippen LogP contribution < -0.4 is 5.32 Å². The van der Waals surface area contributed by atoms with E-state index in [1.807, 2.05) is 0 Å². The third-order valence-electron chi connectivity index (χ3n) is 2.68. The molecule has 2 rings (SSSR count). The van der Waals surface area contributed by atoms with Gasteiger partial charge in [-0.1, -0.05) is 42.5 Å². The number of aryl methyl sites for hydroxylation is 2. The predicted octanol–water partition coefficient (Wildman–Crippen LogP) is 2.67. The molecule has 0 saturated carbocycles. The van der Waals surface area contributed by atoms with Crippen molar-refractivity contribution in [2.24, 2.45) is 0 Å². The fourth-order valence-corrected chi connectivity index (χ4v) is 2.07. The summed E-state index contributed by atoms with van der Waals surface area (Å²) in [5, 5.41) is 10.7. The third kappa shape index (κ3) is 3.63. The Morgan fingerprint density at radius 1 is 1.28 bits per heavy atom. The van der Waals surface area contributed by atoms with Crippen LogP contribution in [0, 0.1) is 0 Å². The van der Waals surface area contributed by atoms with Crippen molar-refractivity contribution in [3.8, 4) is 0 Å². The fraction of sp³-hybridized carbons (Fsp3) is 0.308. The van der Waals surface area contributed by atoms with E-state index in [-0.39, 0.29) is 5.91 Å². The Kier molecular flexibility index (Phi) is 4.41. The van der Waals surface area contributed by atoms with Crippen LogP contribution in [0.2, 0.25) is 0 Å². The number of carbonyl (C=O) groups is 1. The van der Waals surface area contributed by atoms with Gasteiger partial charge in [0.05, 0.1) is 0 Å². The van der Waals surface area contributed by atoms with Crippen LogP contribution in [0.15, 0.2) is 29.8 Å². The topological polar surface area (TPSA) is 54.9 Å². The fourth-order valence-electron chi connectivity index (χ4n) is 1.61. The third-order valence-corrected chi connectivity index (χ3v) is 3.29. The van der Waals surface area contributed by atoms with Crippen molar-refractivity contribution in [2.75, 3.05) is 5.32 Å². The molecule has 1 heterocycles. The lowest BCUT2D eigenvalue weighted by Crippen LogP contribution is -2.12. The predicted molar refractivity (Wildman–Crippen MR) is 72.7 cm³/mol. The summed E-state index contributed by atoms with van der Waals surface area (Å²) in [6.07, 6.45) is 2.25. The smallest absolute Gasteiger partial charge is 0.226 e. The highest BCUT2D eigenvalue weighted by atomic mass is 32.1. The molecule has 0 aliphatic heterocycles. The van der Waals surface area contributed by atoms with Crippen LogP contribution in [0.1, 0.15) is 24.5 Å². The van der Waals surface area contributed by atoms with Gasteiger partial charge in [0.1, 0.15) is 5.51 Å². The second kappa shape index (κ2) is 6.26. The summed E-state index contributed by atoms with van der Waals surface area (Å²) >= 11 is 1.32. The Hall–Kier alpha value is -1.75. The number of hydrogen-bond acceptors (Lipinski definition) is 4. The molecule has 1 aromatic carbocycles. The standard InChI is InChI=1S/C13H15N3OS/c1-2-10-3-5-11(6-4-10)7-8-12(17)15-13-16-14-9-18-13/h3-6,9H,2,7-8H2,1H3,(H,15,16,17). The number of benzene rings is 1. The number of anilines is 1. The molecule has 5 heteroatoms. The van der Waals surface area contributed by atoms with Gasteiger partial charge in [-0.25, -0.2) is 0 Å². The summed E-state index contributed by atoms with van der Waals surface area (Å²) in [5.41, 5.74) is 4.09. The van der Waals surface area contributed by atoms with Gasteiger partial charge >= 0.3 is 0 Å². The molecule has 0 bridgehead atoms. The summed E-state index contributed by atoms with van der Waals surface area (Å²) < 4.78 is 0. The summed E-state index contributed by atoms with van der Waals surface area (Å²) in [4.78, 5) is 11.6. The first-order chi connectivity index (χ1) is 8.78. The average molecular weight is 261 g/mol. The van der Waals surface area contributed by atoms with E-state index in [0.29, 0.717) is 11.6 Å². The number of carbonyl (C=O) groups excluding carboxylic acids is 1. The van der Waals surface area contributed by atoms with E-state index in [0.717, 1.165) is 12.8 Å². The van der Waals surface area contributed by atoms with Crippen LogP contribution >= 0.6 is 11.3 Å². The molecule has 0 fully saturated rings. The molecule has 1 amide bonds. The lowest BCUT2D eigenvalue weighted by atomic mass is 10.1. The minimum absolute atomic E-state index is 0.0219. The van der Waals surface area contributed by atoms with Crippen molar-refractivity contribution >= 4 is 22.4 Å². The summed E-state index contributed by atoms with van der Waals surface area (Å²) in [6, 6.07) is 8.38. The maximum absolute atomic E-state index is 11.6. The van der Waals surface area contributed by atoms with Crippen LogP contribution in [0.4, 0.5) is 5.13 Å². The average Bonchev–Trinajstić information content (AvgIpc) is 2.90. The number of amides is 1. The number of hydrogen-bond donors (Lipinski definition) is 1.